The van der Waals surface area contributed by atoms with Crippen molar-refractivity contribution in [2.45, 2.75) is 32.7 Å². The van der Waals surface area contributed by atoms with Gasteiger partial charge in [0.1, 0.15) is 5.76 Å². The second-order valence-corrected chi connectivity index (χ2v) is 6.23. The highest BCUT2D eigenvalue weighted by Crippen LogP contribution is 2.23. The minimum atomic E-state index is 0.119. The van der Waals surface area contributed by atoms with E-state index in [4.69, 9.17) is 8.83 Å². The predicted octanol–water partition coefficient (Wildman–Crippen LogP) is 3.16. The van der Waals surface area contributed by atoms with Crippen LogP contribution in [0.4, 0.5) is 0 Å². The lowest BCUT2D eigenvalue weighted by molar-refractivity contribution is -0.132. The third-order valence-electron chi connectivity index (χ3n) is 4.59. The van der Waals surface area contributed by atoms with Crippen LogP contribution < -0.4 is 0 Å². The molecule has 2 aromatic heterocycles. The van der Waals surface area contributed by atoms with Crippen LogP contribution in [0, 0.1) is 6.92 Å². The SMILES string of the molecule is Cc1occc1-c1nnc(CCC(=O)N2CCc3ccccc3C2)o1. The molecule has 4 rings (SSSR count). The summed E-state index contributed by atoms with van der Waals surface area (Å²) in [7, 11) is 0. The number of carbonyl (C=O) groups excluding carboxylic acids is 1. The van der Waals surface area contributed by atoms with Gasteiger partial charge in [-0.1, -0.05) is 24.3 Å². The summed E-state index contributed by atoms with van der Waals surface area (Å²) < 4.78 is 10.9. The van der Waals surface area contributed by atoms with Crippen LogP contribution in [-0.4, -0.2) is 27.5 Å². The first-order chi connectivity index (χ1) is 12.2. The maximum Gasteiger partial charge on any atom is 0.251 e. The van der Waals surface area contributed by atoms with E-state index in [0.717, 1.165) is 24.3 Å². The molecule has 1 aliphatic heterocycles. The molecule has 0 spiro atoms. The maximum absolute atomic E-state index is 12.5. The van der Waals surface area contributed by atoms with Crippen molar-refractivity contribution in [3.8, 4) is 11.5 Å². The van der Waals surface area contributed by atoms with Crippen molar-refractivity contribution in [3.63, 3.8) is 0 Å². The number of fused-ring (bicyclic) bond motifs is 1. The number of hydrogen-bond acceptors (Lipinski definition) is 5. The highest BCUT2D eigenvalue weighted by Gasteiger charge is 2.21. The van der Waals surface area contributed by atoms with Crippen LogP contribution in [0.25, 0.3) is 11.5 Å². The largest absolute Gasteiger partial charge is 0.469 e. The van der Waals surface area contributed by atoms with Gasteiger partial charge in [-0.25, -0.2) is 0 Å². The van der Waals surface area contributed by atoms with Gasteiger partial charge in [0.2, 0.25) is 11.8 Å². The van der Waals surface area contributed by atoms with Crippen LogP contribution in [0.1, 0.15) is 29.2 Å². The van der Waals surface area contributed by atoms with Gasteiger partial charge in [-0.05, 0) is 30.5 Å². The molecular formula is C19H19N3O3. The van der Waals surface area contributed by atoms with Gasteiger partial charge in [-0.3, -0.25) is 4.79 Å². The topological polar surface area (TPSA) is 72.4 Å². The fraction of sp³-hybridized carbons (Fsp3) is 0.316. The van der Waals surface area contributed by atoms with E-state index in [-0.39, 0.29) is 5.91 Å². The van der Waals surface area contributed by atoms with Crippen molar-refractivity contribution >= 4 is 5.91 Å². The Labute approximate surface area is 145 Å². The van der Waals surface area contributed by atoms with E-state index >= 15 is 0 Å². The number of hydrogen-bond donors (Lipinski definition) is 0. The molecule has 0 N–H and O–H groups in total. The van der Waals surface area contributed by atoms with Gasteiger partial charge < -0.3 is 13.7 Å². The van der Waals surface area contributed by atoms with Crippen molar-refractivity contribution in [2.75, 3.05) is 6.54 Å². The first kappa shape index (κ1) is 15.6. The van der Waals surface area contributed by atoms with Gasteiger partial charge >= 0.3 is 0 Å². The summed E-state index contributed by atoms with van der Waals surface area (Å²) in [6.45, 7) is 3.29. The fourth-order valence-electron chi connectivity index (χ4n) is 3.15. The summed E-state index contributed by atoms with van der Waals surface area (Å²) >= 11 is 0. The fourth-order valence-corrected chi connectivity index (χ4v) is 3.15. The Kier molecular flexibility index (Phi) is 4.09. The van der Waals surface area contributed by atoms with Crippen LogP contribution in [0.3, 0.4) is 0 Å². The summed E-state index contributed by atoms with van der Waals surface area (Å²) in [5.41, 5.74) is 3.36. The molecule has 0 unspecified atom stereocenters. The molecule has 0 saturated heterocycles. The number of aromatic nitrogens is 2. The Morgan fingerprint density at radius 3 is 2.84 bits per heavy atom. The number of furan rings is 1. The predicted molar refractivity (Wildman–Crippen MR) is 90.6 cm³/mol. The van der Waals surface area contributed by atoms with E-state index in [2.05, 4.69) is 22.3 Å². The van der Waals surface area contributed by atoms with Crippen LogP contribution in [0.15, 0.2) is 45.4 Å². The van der Waals surface area contributed by atoms with E-state index in [1.807, 2.05) is 24.0 Å². The van der Waals surface area contributed by atoms with E-state index in [9.17, 15) is 4.79 Å². The molecule has 0 fully saturated rings. The number of aryl methyl sites for hydroxylation is 2. The minimum absolute atomic E-state index is 0.119. The Balaban J connectivity index is 1.37. The molecule has 1 amide bonds. The Bertz CT molecular complexity index is 897. The molecule has 3 heterocycles. The van der Waals surface area contributed by atoms with Crippen LogP contribution in [0.2, 0.25) is 0 Å². The summed E-state index contributed by atoms with van der Waals surface area (Å²) in [5, 5.41) is 8.08. The highest BCUT2D eigenvalue weighted by atomic mass is 16.4. The van der Waals surface area contributed by atoms with Gasteiger partial charge in [0.05, 0.1) is 11.8 Å². The molecule has 1 aromatic carbocycles. The summed E-state index contributed by atoms with van der Waals surface area (Å²) in [5.74, 6) is 1.76. The molecule has 0 radical (unpaired) electrons. The molecule has 0 saturated carbocycles. The van der Waals surface area contributed by atoms with Crippen LogP contribution >= 0.6 is 0 Å². The monoisotopic (exact) mass is 337 g/mol. The standard InChI is InChI=1S/C19H19N3O3/c1-13-16(9-11-24-13)19-21-20-17(25-19)6-7-18(23)22-10-8-14-4-2-3-5-15(14)12-22/h2-5,9,11H,6-8,10,12H2,1H3. The Morgan fingerprint density at radius 2 is 2.04 bits per heavy atom. The number of nitrogens with zero attached hydrogens (tertiary/aromatic N) is 3. The lowest BCUT2D eigenvalue weighted by Crippen LogP contribution is -2.36. The number of carbonyl (C=O) groups is 1. The Hall–Kier alpha value is -2.89. The zero-order valence-corrected chi connectivity index (χ0v) is 14.1. The van der Waals surface area contributed by atoms with Gasteiger partial charge in [0.25, 0.3) is 5.89 Å². The lowest BCUT2D eigenvalue weighted by atomic mass is 9.99. The minimum Gasteiger partial charge on any atom is -0.469 e. The lowest BCUT2D eigenvalue weighted by Gasteiger charge is -2.28. The highest BCUT2D eigenvalue weighted by molar-refractivity contribution is 5.76. The number of rotatable bonds is 4. The zero-order valence-electron chi connectivity index (χ0n) is 14.1. The molecule has 128 valence electrons. The van der Waals surface area contributed by atoms with Crippen LogP contribution in [-0.2, 0) is 24.2 Å². The summed E-state index contributed by atoms with van der Waals surface area (Å²) in [6.07, 6.45) is 3.31. The molecule has 0 aliphatic carbocycles. The van der Waals surface area contributed by atoms with E-state index in [1.165, 1.54) is 11.1 Å². The van der Waals surface area contributed by atoms with E-state index in [0.29, 0.717) is 31.2 Å². The summed E-state index contributed by atoms with van der Waals surface area (Å²) in [6, 6.07) is 10.1. The Morgan fingerprint density at radius 1 is 1.20 bits per heavy atom. The van der Waals surface area contributed by atoms with Crippen molar-refractivity contribution in [3.05, 3.63) is 59.4 Å². The molecule has 3 aromatic rings. The van der Waals surface area contributed by atoms with Gasteiger partial charge in [0.15, 0.2) is 0 Å². The normalized spacial score (nSPS) is 13.7. The quantitative estimate of drug-likeness (QED) is 0.731. The smallest absolute Gasteiger partial charge is 0.251 e. The van der Waals surface area contributed by atoms with E-state index in [1.54, 1.807) is 12.3 Å². The second kappa shape index (κ2) is 6.55. The molecule has 0 bridgehead atoms. The summed E-state index contributed by atoms with van der Waals surface area (Å²) in [4.78, 5) is 14.4. The van der Waals surface area contributed by atoms with Crippen molar-refractivity contribution in [1.29, 1.82) is 0 Å². The van der Waals surface area contributed by atoms with Crippen LogP contribution in [0.5, 0.6) is 0 Å². The van der Waals surface area contributed by atoms with Gasteiger partial charge in [0, 0.05) is 25.9 Å². The zero-order chi connectivity index (χ0) is 17.2. The van der Waals surface area contributed by atoms with Crippen molar-refractivity contribution in [1.82, 2.24) is 15.1 Å². The molecule has 25 heavy (non-hydrogen) atoms. The number of benzene rings is 1. The molecular weight excluding hydrogens is 318 g/mol. The molecule has 0 atom stereocenters. The van der Waals surface area contributed by atoms with Gasteiger partial charge in [-0.15, -0.1) is 10.2 Å². The molecule has 6 nitrogen and oxygen atoms in total. The molecule has 6 heteroatoms. The first-order valence-corrected chi connectivity index (χ1v) is 8.42. The average molecular weight is 337 g/mol. The number of amides is 1. The van der Waals surface area contributed by atoms with E-state index < -0.39 is 0 Å². The van der Waals surface area contributed by atoms with Crippen molar-refractivity contribution in [2.24, 2.45) is 0 Å². The first-order valence-electron chi connectivity index (χ1n) is 8.42. The molecule has 1 aliphatic rings. The third-order valence-corrected chi connectivity index (χ3v) is 4.59. The maximum atomic E-state index is 12.5. The third kappa shape index (κ3) is 3.20. The average Bonchev–Trinajstić information content (AvgIpc) is 3.27. The second-order valence-electron chi connectivity index (χ2n) is 6.23. The van der Waals surface area contributed by atoms with Gasteiger partial charge in [-0.2, -0.15) is 0 Å². The van der Waals surface area contributed by atoms with Crippen molar-refractivity contribution < 1.29 is 13.6 Å².